The van der Waals surface area contributed by atoms with Gasteiger partial charge >= 0.3 is 0 Å². The molecule has 0 bridgehead atoms. The van der Waals surface area contributed by atoms with Gasteiger partial charge in [0.15, 0.2) is 15.0 Å². The minimum atomic E-state index is -3.35. The summed E-state index contributed by atoms with van der Waals surface area (Å²) in [7, 11) is -3.35. The van der Waals surface area contributed by atoms with Gasteiger partial charge in [-0.05, 0) is 13.3 Å². The van der Waals surface area contributed by atoms with Crippen LogP contribution in [0.1, 0.15) is 20.3 Å². The standard InChI is InChI=1S/C9H14N2O3S2/c1-3-6-16(13,14)7(2)8(12)11-9-10-4-5-15-9/h4-5,7H,3,6H2,1-2H3,(H,10,11,12)/t7-/m0/s1. The molecule has 1 N–H and O–H groups in total. The molecule has 16 heavy (non-hydrogen) atoms. The van der Waals surface area contributed by atoms with Crippen molar-refractivity contribution in [2.75, 3.05) is 11.1 Å². The van der Waals surface area contributed by atoms with Crippen molar-refractivity contribution in [2.45, 2.75) is 25.5 Å². The SMILES string of the molecule is CCCS(=O)(=O)[C@@H](C)C(=O)Nc1nccs1. The summed E-state index contributed by atoms with van der Waals surface area (Å²) in [5.41, 5.74) is 0. The minimum Gasteiger partial charge on any atom is -0.301 e. The van der Waals surface area contributed by atoms with Crippen molar-refractivity contribution in [2.24, 2.45) is 0 Å². The molecule has 7 heteroatoms. The maximum absolute atomic E-state index is 11.6. The lowest BCUT2D eigenvalue weighted by atomic mass is 10.4. The molecule has 1 aromatic rings. The van der Waals surface area contributed by atoms with Crippen LogP contribution in [0.4, 0.5) is 5.13 Å². The second-order valence-electron chi connectivity index (χ2n) is 3.34. The average molecular weight is 262 g/mol. The summed E-state index contributed by atoms with van der Waals surface area (Å²) < 4.78 is 23.2. The van der Waals surface area contributed by atoms with E-state index in [1.54, 1.807) is 18.5 Å². The summed E-state index contributed by atoms with van der Waals surface area (Å²) in [6, 6.07) is 0. The maximum atomic E-state index is 11.6. The molecule has 0 spiro atoms. The van der Waals surface area contributed by atoms with Crippen molar-refractivity contribution < 1.29 is 13.2 Å². The van der Waals surface area contributed by atoms with Gasteiger partial charge in [-0.15, -0.1) is 11.3 Å². The lowest BCUT2D eigenvalue weighted by molar-refractivity contribution is -0.115. The smallest absolute Gasteiger partial charge is 0.244 e. The molecule has 0 saturated heterocycles. The fraction of sp³-hybridized carbons (Fsp3) is 0.556. The molecule has 0 unspecified atom stereocenters. The Kier molecular flexibility index (Phi) is 4.43. The van der Waals surface area contributed by atoms with Gasteiger partial charge in [-0.25, -0.2) is 13.4 Å². The number of nitrogens with zero attached hydrogens (tertiary/aromatic N) is 1. The summed E-state index contributed by atoms with van der Waals surface area (Å²) in [5, 5.41) is 3.57. The van der Waals surface area contributed by atoms with Crippen LogP contribution in [0.5, 0.6) is 0 Å². The minimum absolute atomic E-state index is 0.0272. The first-order chi connectivity index (χ1) is 7.47. The number of rotatable bonds is 5. The summed E-state index contributed by atoms with van der Waals surface area (Å²) >= 11 is 1.25. The third-order valence-electron chi connectivity index (χ3n) is 2.06. The highest BCUT2D eigenvalue weighted by Crippen LogP contribution is 2.13. The predicted octanol–water partition coefficient (Wildman–Crippen LogP) is 1.29. The first-order valence-corrected chi connectivity index (χ1v) is 7.49. The van der Waals surface area contributed by atoms with E-state index < -0.39 is 21.0 Å². The number of thiazole rings is 1. The van der Waals surface area contributed by atoms with E-state index in [0.717, 1.165) is 0 Å². The Morgan fingerprint density at radius 1 is 1.62 bits per heavy atom. The van der Waals surface area contributed by atoms with Crippen molar-refractivity contribution in [1.29, 1.82) is 0 Å². The number of carbonyl (C=O) groups is 1. The number of nitrogens with one attached hydrogen (secondary N) is 1. The van der Waals surface area contributed by atoms with Gasteiger partial charge in [-0.2, -0.15) is 0 Å². The van der Waals surface area contributed by atoms with E-state index in [4.69, 9.17) is 0 Å². The largest absolute Gasteiger partial charge is 0.301 e. The molecule has 0 fully saturated rings. The van der Waals surface area contributed by atoms with Crippen LogP contribution >= 0.6 is 11.3 Å². The van der Waals surface area contributed by atoms with E-state index in [1.807, 2.05) is 0 Å². The highest BCUT2D eigenvalue weighted by molar-refractivity contribution is 7.92. The number of anilines is 1. The Bertz CT molecular complexity index is 439. The number of sulfone groups is 1. The monoisotopic (exact) mass is 262 g/mol. The molecule has 0 aliphatic heterocycles. The average Bonchev–Trinajstić information content (AvgIpc) is 2.69. The van der Waals surface area contributed by atoms with Crippen LogP contribution in [0.15, 0.2) is 11.6 Å². The van der Waals surface area contributed by atoms with E-state index in [0.29, 0.717) is 11.6 Å². The zero-order valence-electron chi connectivity index (χ0n) is 9.13. The Balaban J connectivity index is 2.68. The normalized spacial score (nSPS) is 13.4. The molecular formula is C9H14N2O3S2. The maximum Gasteiger partial charge on any atom is 0.244 e. The summed E-state index contributed by atoms with van der Waals surface area (Å²) in [6.45, 7) is 3.16. The second-order valence-corrected chi connectivity index (χ2v) is 6.67. The van der Waals surface area contributed by atoms with Crippen molar-refractivity contribution in [3.8, 4) is 0 Å². The van der Waals surface area contributed by atoms with Gasteiger partial charge in [0, 0.05) is 11.6 Å². The molecule has 5 nitrogen and oxygen atoms in total. The lowest BCUT2D eigenvalue weighted by Gasteiger charge is -2.10. The molecule has 0 aromatic carbocycles. The van der Waals surface area contributed by atoms with Crippen LogP contribution in [0.2, 0.25) is 0 Å². The first-order valence-electron chi connectivity index (χ1n) is 4.89. The van der Waals surface area contributed by atoms with E-state index in [9.17, 15) is 13.2 Å². The third-order valence-corrected chi connectivity index (χ3v) is 5.02. The Labute approximate surface area is 98.8 Å². The third kappa shape index (κ3) is 3.28. The summed E-state index contributed by atoms with van der Waals surface area (Å²) in [5.74, 6) is -0.497. The zero-order valence-corrected chi connectivity index (χ0v) is 10.8. The Morgan fingerprint density at radius 3 is 2.81 bits per heavy atom. The van der Waals surface area contributed by atoms with Crippen molar-refractivity contribution in [3.05, 3.63) is 11.6 Å². The number of aromatic nitrogens is 1. The van der Waals surface area contributed by atoms with E-state index in [2.05, 4.69) is 10.3 Å². The van der Waals surface area contributed by atoms with E-state index in [-0.39, 0.29) is 5.75 Å². The molecular weight excluding hydrogens is 248 g/mol. The van der Waals surface area contributed by atoms with Crippen LogP contribution < -0.4 is 5.32 Å². The molecule has 90 valence electrons. The van der Waals surface area contributed by atoms with Gasteiger partial charge in [0.2, 0.25) is 5.91 Å². The van der Waals surface area contributed by atoms with Gasteiger partial charge in [0.1, 0.15) is 5.25 Å². The fourth-order valence-corrected chi connectivity index (χ4v) is 2.96. The van der Waals surface area contributed by atoms with Crippen LogP contribution in [0.25, 0.3) is 0 Å². The van der Waals surface area contributed by atoms with Gasteiger partial charge in [0.05, 0.1) is 5.75 Å². The quantitative estimate of drug-likeness (QED) is 0.867. The molecule has 0 radical (unpaired) electrons. The molecule has 0 aliphatic rings. The van der Waals surface area contributed by atoms with Crippen LogP contribution in [0, 0.1) is 0 Å². The van der Waals surface area contributed by atoms with Crippen molar-refractivity contribution in [3.63, 3.8) is 0 Å². The lowest BCUT2D eigenvalue weighted by Crippen LogP contribution is -2.33. The molecule has 1 rings (SSSR count). The molecule has 0 saturated carbocycles. The first kappa shape index (κ1) is 13.1. The van der Waals surface area contributed by atoms with Crippen LogP contribution in [-0.4, -0.2) is 30.3 Å². The van der Waals surface area contributed by atoms with Crippen LogP contribution in [-0.2, 0) is 14.6 Å². The molecule has 1 heterocycles. The molecule has 1 atom stereocenters. The zero-order chi connectivity index (χ0) is 12.2. The highest BCUT2D eigenvalue weighted by Gasteiger charge is 2.27. The number of amides is 1. The van der Waals surface area contributed by atoms with E-state index in [1.165, 1.54) is 18.3 Å². The van der Waals surface area contributed by atoms with Gasteiger partial charge in [0.25, 0.3) is 0 Å². The topological polar surface area (TPSA) is 76.1 Å². The van der Waals surface area contributed by atoms with Crippen molar-refractivity contribution >= 4 is 32.2 Å². The van der Waals surface area contributed by atoms with E-state index >= 15 is 0 Å². The molecule has 1 amide bonds. The molecule has 0 aliphatic carbocycles. The fourth-order valence-electron chi connectivity index (χ4n) is 1.12. The van der Waals surface area contributed by atoms with Crippen molar-refractivity contribution in [1.82, 2.24) is 4.98 Å². The highest BCUT2D eigenvalue weighted by atomic mass is 32.2. The molecule has 1 aromatic heterocycles. The Hall–Kier alpha value is -0.950. The number of carbonyl (C=O) groups excluding carboxylic acids is 1. The second kappa shape index (κ2) is 5.40. The van der Waals surface area contributed by atoms with Gasteiger partial charge in [-0.3, -0.25) is 4.79 Å². The Morgan fingerprint density at radius 2 is 2.31 bits per heavy atom. The summed E-state index contributed by atoms with van der Waals surface area (Å²) in [6.07, 6.45) is 2.06. The van der Waals surface area contributed by atoms with Crippen LogP contribution in [0.3, 0.4) is 0 Å². The van der Waals surface area contributed by atoms with Gasteiger partial charge in [-0.1, -0.05) is 6.92 Å². The van der Waals surface area contributed by atoms with Gasteiger partial charge < -0.3 is 5.32 Å². The number of hydrogen-bond donors (Lipinski definition) is 1. The summed E-state index contributed by atoms with van der Waals surface area (Å²) in [4.78, 5) is 15.5. The predicted molar refractivity (Wildman–Crippen MR) is 64.3 cm³/mol. The number of hydrogen-bond acceptors (Lipinski definition) is 5.